The molecule has 1 aromatic heterocycles. The Labute approximate surface area is 136 Å². The van der Waals surface area contributed by atoms with Gasteiger partial charge in [-0.05, 0) is 19.3 Å². The van der Waals surface area contributed by atoms with Crippen LogP contribution in [-0.4, -0.2) is 37.7 Å². The molecule has 0 saturated heterocycles. The Hall–Kier alpha value is -1.93. The minimum absolute atomic E-state index is 0.0231. The summed E-state index contributed by atoms with van der Waals surface area (Å²) < 4.78 is 2.16. The maximum atomic E-state index is 9.99. The predicted molar refractivity (Wildman–Crippen MR) is 86.8 cm³/mol. The van der Waals surface area contributed by atoms with Crippen LogP contribution >= 0.6 is 0 Å². The molecule has 6 N–H and O–H groups in total. The molecule has 132 valence electrons. The zero-order chi connectivity index (χ0) is 17.8. The quantitative estimate of drug-likeness (QED) is 0.535. The number of unbranched alkanes of at least 4 members (excludes halogenated alkanes) is 1. The highest BCUT2D eigenvalue weighted by Crippen LogP contribution is 2.11. The summed E-state index contributed by atoms with van der Waals surface area (Å²) in [5.41, 5.74) is 10.9. The first kappa shape index (κ1) is 21.1. The number of carboxylic acids is 2. The van der Waals surface area contributed by atoms with Crippen molar-refractivity contribution in [3.8, 4) is 0 Å². The van der Waals surface area contributed by atoms with Gasteiger partial charge in [-0.1, -0.05) is 20.3 Å². The van der Waals surface area contributed by atoms with Gasteiger partial charge in [0, 0.05) is 25.4 Å². The van der Waals surface area contributed by atoms with E-state index in [1.807, 2.05) is 12.4 Å². The van der Waals surface area contributed by atoms with E-state index in [9.17, 15) is 9.59 Å². The molecule has 0 aliphatic heterocycles. The number of carboxylic acid groups (broad SMARTS) is 2. The Morgan fingerprint density at radius 3 is 2.43 bits per heavy atom. The van der Waals surface area contributed by atoms with E-state index < -0.39 is 18.0 Å². The smallest absolute Gasteiger partial charge is 0.320 e. The summed E-state index contributed by atoms with van der Waals surface area (Å²) in [5.74, 6) is -1.17. The van der Waals surface area contributed by atoms with Crippen molar-refractivity contribution < 1.29 is 19.8 Å². The molecule has 1 aromatic rings. The molecule has 8 nitrogen and oxygen atoms in total. The minimum atomic E-state index is -1.17. The van der Waals surface area contributed by atoms with Crippen LogP contribution in [0.2, 0.25) is 0 Å². The fraction of sp³-hybridized carbons (Fsp3) is 0.667. The van der Waals surface area contributed by atoms with Crippen molar-refractivity contribution in [2.75, 3.05) is 0 Å². The third-order valence-corrected chi connectivity index (χ3v) is 3.26. The molecule has 1 rings (SSSR count). The van der Waals surface area contributed by atoms with Crippen LogP contribution in [0.3, 0.4) is 0 Å². The van der Waals surface area contributed by atoms with Crippen molar-refractivity contribution in [3.63, 3.8) is 0 Å². The van der Waals surface area contributed by atoms with Crippen molar-refractivity contribution in [2.45, 2.75) is 64.6 Å². The largest absolute Gasteiger partial charge is 0.481 e. The molecule has 0 bridgehead atoms. The third kappa shape index (κ3) is 8.94. The Kier molecular flexibility index (Phi) is 10.6. The molecule has 0 radical (unpaired) electrons. The number of imidazole rings is 1. The normalized spacial score (nSPS) is 12.9. The summed E-state index contributed by atoms with van der Waals surface area (Å²) in [6, 6.07) is -0.969. The lowest BCUT2D eigenvalue weighted by atomic mass is 10.2. The molecule has 0 aliphatic carbocycles. The average Bonchev–Trinajstić information content (AvgIpc) is 2.98. The number of nitrogens with two attached hydrogens (primary N) is 2. The topological polar surface area (TPSA) is 144 Å². The third-order valence-electron chi connectivity index (χ3n) is 3.26. The first-order valence-electron chi connectivity index (χ1n) is 7.80. The highest BCUT2D eigenvalue weighted by atomic mass is 16.4. The number of hydrogen-bond acceptors (Lipinski definition) is 5. The second-order valence-electron chi connectivity index (χ2n) is 5.22. The first-order chi connectivity index (χ1) is 10.8. The number of aromatic nitrogens is 2. The van der Waals surface area contributed by atoms with Crippen LogP contribution in [0.4, 0.5) is 0 Å². The fourth-order valence-electron chi connectivity index (χ4n) is 1.75. The number of hydrogen-bond donors (Lipinski definition) is 4. The van der Waals surface area contributed by atoms with Crippen molar-refractivity contribution in [1.82, 2.24) is 9.55 Å². The molecule has 2 atom stereocenters. The molecule has 0 spiro atoms. The van der Waals surface area contributed by atoms with E-state index in [1.165, 1.54) is 12.8 Å². The number of rotatable bonds is 9. The van der Waals surface area contributed by atoms with E-state index in [0.717, 1.165) is 18.8 Å². The predicted octanol–water partition coefficient (Wildman–Crippen LogP) is 1.36. The lowest BCUT2D eigenvalue weighted by molar-refractivity contribution is -0.139. The first-order valence-corrected chi connectivity index (χ1v) is 7.80. The van der Waals surface area contributed by atoms with Gasteiger partial charge in [0.2, 0.25) is 0 Å². The summed E-state index contributed by atoms with van der Waals surface area (Å²) >= 11 is 0. The maximum Gasteiger partial charge on any atom is 0.320 e. The van der Waals surface area contributed by atoms with E-state index in [0.29, 0.717) is 0 Å². The van der Waals surface area contributed by atoms with Crippen molar-refractivity contribution in [2.24, 2.45) is 11.5 Å². The highest BCUT2D eigenvalue weighted by Gasteiger charge is 2.12. The van der Waals surface area contributed by atoms with Gasteiger partial charge < -0.3 is 26.2 Å². The second-order valence-corrected chi connectivity index (χ2v) is 5.22. The van der Waals surface area contributed by atoms with Crippen LogP contribution in [0.25, 0.3) is 0 Å². The fourth-order valence-corrected chi connectivity index (χ4v) is 1.75. The van der Waals surface area contributed by atoms with Gasteiger partial charge in [0.05, 0.1) is 6.04 Å². The average molecular weight is 328 g/mol. The van der Waals surface area contributed by atoms with Crippen LogP contribution in [0.15, 0.2) is 12.4 Å². The van der Waals surface area contributed by atoms with Gasteiger partial charge in [0.15, 0.2) is 0 Å². The molecule has 0 aliphatic rings. The zero-order valence-corrected chi connectivity index (χ0v) is 13.8. The number of aliphatic carboxylic acids is 2. The summed E-state index contributed by atoms with van der Waals surface area (Å²) in [6.07, 6.45) is 6.97. The van der Waals surface area contributed by atoms with E-state index in [4.69, 9.17) is 21.7 Å². The molecule has 23 heavy (non-hydrogen) atoms. The molecular formula is C15H28N4O4. The van der Waals surface area contributed by atoms with Gasteiger partial charge in [-0.2, -0.15) is 0 Å². The maximum absolute atomic E-state index is 9.99. The van der Waals surface area contributed by atoms with E-state index in [2.05, 4.69) is 23.4 Å². The molecule has 0 amide bonds. The van der Waals surface area contributed by atoms with Crippen molar-refractivity contribution >= 4 is 11.9 Å². The number of nitrogens with zero attached hydrogens (tertiary/aromatic N) is 2. The Bertz CT molecular complexity index is 476. The van der Waals surface area contributed by atoms with Crippen molar-refractivity contribution in [1.29, 1.82) is 0 Å². The minimum Gasteiger partial charge on any atom is -0.481 e. The second kappa shape index (κ2) is 11.6. The van der Waals surface area contributed by atoms with E-state index in [1.54, 1.807) is 0 Å². The molecule has 8 heteroatoms. The van der Waals surface area contributed by atoms with Crippen LogP contribution < -0.4 is 11.5 Å². The Morgan fingerprint density at radius 1 is 1.30 bits per heavy atom. The molecular weight excluding hydrogens is 300 g/mol. The molecule has 0 saturated carbocycles. The van der Waals surface area contributed by atoms with Gasteiger partial charge >= 0.3 is 11.9 Å². The van der Waals surface area contributed by atoms with Gasteiger partial charge in [0.1, 0.15) is 11.9 Å². The van der Waals surface area contributed by atoms with Crippen molar-refractivity contribution in [3.05, 3.63) is 18.2 Å². The van der Waals surface area contributed by atoms with Gasteiger partial charge in [-0.25, -0.2) is 4.98 Å². The lowest BCUT2D eigenvalue weighted by Gasteiger charge is -2.11. The summed E-state index contributed by atoms with van der Waals surface area (Å²) in [7, 11) is 0. The van der Waals surface area contributed by atoms with E-state index >= 15 is 0 Å². The number of aryl methyl sites for hydroxylation is 1. The zero-order valence-electron chi connectivity index (χ0n) is 13.8. The molecule has 1 heterocycles. The summed E-state index contributed by atoms with van der Waals surface area (Å²) in [6.45, 7) is 5.32. The van der Waals surface area contributed by atoms with Crippen LogP contribution in [-0.2, 0) is 16.1 Å². The monoisotopic (exact) mass is 328 g/mol. The Morgan fingerprint density at radius 2 is 1.96 bits per heavy atom. The Balaban J connectivity index is 0.000000438. The van der Waals surface area contributed by atoms with Crippen LogP contribution in [0.1, 0.15) is 57.8 Å². The van der Waals surface area contributed by atoms with E-state index in [-0.39, 0.29) is 18.9 Å². The van der Waals surface area contributed by atoms with Gasteiger partial charge in [-0.3, -0.25) is 9.59 Å². The highest BCUT2D eigenvalue weighted by molar-refractivity contribution is 5.74. The van der Waals surface area contributed by atoms with Crippen LogP contribution in [0, 0.1) is 0 Å². The van der Waals surface area contributed by atoms with Crippen LogP contribution in [0.5, 0.6) is 0 Å². The number of carbonyl (C=O) groups is 2. The van der Waals surface area contributed by atoms with Gasteiger partial charge in [0.25, 0.3) is 0 Å². The molecule has 0 fully saturated rings. The summed E-state index contributed by atoms with van der Waals surface area (Å²) in [5, 5.41) is 16.3. The van der Waals surface area contributed by atoms with Gasteiger partial charge in [-0.15, -0.1) is 0 Å². The molecule has 0 aromatic carbocycles. The lowest BCUT2D eigenvalue weighted by Crippen LogP contribution is -2.30. The molecule has 2 unspecified atom stereocenters. The SMILES string of the molecule is CCCCn1ccnc1C(N)CC.NC(CCC(=O)O)C(=O)O. The standard InChI is InChI=1S/C10H19N3.C5H9NO4/c1-3-5-7-13-8-6-12-10(13)9(11)4-2;6-3(5(9)10)1-2-4(7)8/h6,8-9H,3-5,7,11H2,1-2H3;3H,1-2,6H2,(H,7,8)(H,9,10). The summed E-state index contributed by atoms with van der Waals surface area (Å²) in [4.78, 5) is 24.1.